The van der Waals surface area contributed by atoms with Crippen LogP contribution in [0.1, 0.15) is 46.1 Å². The molecule has 1 aromatic carbocycles. The van der Waals surface area contributed by atoms with Crippen LogP contribution in [0.15, 0.2) is 41.7 Å². The minimum atomic E-state index is -3.28. The Morgan fingerprint density at radius 3 is 2.48 bits per heavy atom. The Kier molecular flexibility index (Phi) is 7.68. The third kappa shape index (κ3) is 6.07. The number of carbonyl (C=O) groups excluding carboxylic acids is 1. The summed E-state index contributed by atoms with van der Waals surface area (Å²) in [5, 5.41) is 5.20. The van der Waals surface area contributed by atoms with Gasteiger partial charge in [-0.3, -0.25) is 4.79 Å². The van der Waals surface area contributed by atoms with Gasteiger partial charge in [0.1, 0.15) is 17.5 Å². The van der Waals surface area contributed by atoms with E-state index >= 15 is 0 Å². The van der Waals surface area contributed by atoms with E-state index in [1.165, 1.54) is 18.5 Å². The van der Waals surface area contributed by atoms with Crippen molar-refractivity contribution in [3.8, 4) is 11.6 Å². The molecule has 1 amide bonds. The largest absolute Gasteiger partial charge is 0.438 e. The fourth-order valence-electron chi connectivity index (χ4n) is 3.53. The maximum Gasteiger partial charge on any atom is 0.233 e. The van der Waals surface area contributed by atoms with Crippen LogP contribution in [0, 0.1) is 5.92 Å². The maximum absolute atomic E-state index is 12.3. The Morgan fingerprint density at radius 1 is 1.18 bits per heavy atom. The molecule has 9 nitrogen and oxygen atoms in total. The second-order valence-corrected chi connectivity index (χ2v) is 10.6. The molecule has 0 aliphatic heterocycles. The number of hydrogen-bond donors (Lipinski definition) is 0. The summed E-state index contributed by atoms with van der Waals surface area (Å²) in [6, 6.07) is 6.24. The Balaban J connectivity index is 1.78. The van der Waals surface area contributed by atoms with Gasteiger partial charge in [0.25, 0.3) is 0 Å². The first-order valence-corrected chi connectivity index (χ1v) is 12.9. The summed E-state index contributed by atoms with van der Waals surface area (Å²) in [4.78, 5) is 22.9. The lowest BCUT2D eigenvalue weighted by atomic mass is 10.1. The highest BCUT2D eigenvalue weighted by Gasteiger charge is 2.19. The summed E-state index contributed by atoms with van der Waals surface area (Å²) in [6.07, 6.45) is 6.37. The number of carbonyl (C=O) groups is 1. The Morgan fingerprint density at radius 2 is 1.88 bits per heavy atom. The lowest BCUT2D eigenvalue weighted by Crippen LogP contribution is -2.30. The number of rotatable bonds is 10. The summed E-state index contributed by atoms with van der Waals surface area (Å²) in [5.74, 6) is 1.28. The first kappa shape index (κ1) is 24.6. The van der Waals surface area contributed by atoms with Crippen molar-refractivity contribution in [2.24, 2.45) is 5.92 Å². The molecule has 1 unspecified atom stereocenters. The van der Waals surface area contributed by atoms with Gasteiger partial charge in [-0.25, -0.2) is 23.1 Å². The van der Waals surface area contributed by atoms with E-state index in [0.717, 1.165) is 19.1 Å². The average Bonchev–Trinajstić information content (AvgIpc) is 3.18. The predicted octanol–water partition coefficient (Wildman–Crippen LogP) is 3.87. The summed E-state index contributed by atoms with van der Waals surface area (Å²) in [6.45, 7) is 6.79. The van der Waals surface area contributed by atoms with E-state index in [9.17, 15) is 13.2 Å². The monoisotopic (exact) mass is 473 g/mol. The number of fused-ring (bicyclic) bond motifs is 1. The van der Waals surface area contributed by atoms with Crippen LogP contribution in [-0.2, 0) is 14.6 Å². The number of aromatic nitrogens is 4. The van der Waals surface area contributed by atoms with Gasteiger partial charge in [-0.15, -0.1) is 0 Å². The minimum Gasteiger partial charge on any atom is -0.438 e. The topological polar surface area (TPSA) is 107 Å². The normalized spacial score (nSPS) is 12.8. The fourth-order valence-corrected chi connectivity index (χ4v) is 4.16. The van der Waals surface area contributed by atoms with Gasteiger partial charge >= 0.3 is 0 Å². The van der Waals surface area contributed by atoms with Crippen molar-refractivity contribution in [1.82, 2.24) is 24.6 Å². The van der Waals surface area contributed by atoms with Crippen molar-refractivity contribution in [2.45, 2.75) is 51.0 Å². The number of nitrogens with zero attached hydrogens (tertiary/aromatic N) is 5. The molecule has 0 saturated carbocycles. The molecule has 1 atom stereocenters. The Bertz CT molecular complexity index is 1210. The van der Waals surface area contributed by atoms with Crippen molar-refractivity contribution in [3.05, 3.63) is 36.8 Å². The molecule has 0 bridgehead atoms. The molecule has 0 N–H and O–H groups in total. The lowest BCUT2D eigenvalue weighted by Gasteiger charge is -2.22. The van der Waals surface area contributed by atoms with Gasteiger partial charge in [-0.1, -0.05) is 20.8 Å². The molecule has 2 heterocycles. The maximum atomic E-state index is 12.3. The number of benzene rings is 1. The standard InChI is InChI=1S/C23H31N5O4S/c1-6-17(11-12-27(4)21(29)13-16(2)3)28-22-20(14-26-28)23(25-15-24-22)32-18-7-9-19(10-8-18)33(5,30)31/h7-10,14-17H,6,11-13H2,1-5H3. The van der Waals surface area contributed by atoms with Crippen molar-refractivity contribution in [3.63, 3.8) is 0 Å². The van der Waals surface area contributed by atoms with E-state index in [0.29, 0.717) is 41.5 Å². The van der Waals surface area contributed by atoms with Crippen LogP contribution in [0.25, 0.3) is 11.0 Å². The van der Waals surface area contributed by atoms with Crippen LogP contribution in [0.2, 0.25) is 0 Å². The Hall–Kier alpha value is -3.01. The zero-order valence-corrected chi connectivity index (χ0v) is 20.5. The van der Waals surface area contributed by atoms with Gasteiger partial charge in [0.15, 0.2) is 15.5 Å². The molecule has 0 fully saturated rings. The highest BCUT2D eigenvalue weighted by atomic mass is 32.2. The summed E-state index contributed by atoms with van der Waals surface area (Å²) in [5.41, 5.74) is 0.649. The van der Waals surface area contributed by atoms with Crippen LogP contribution >= 0.6 is 0 Å². The van der Waals surface area contributed by atoms with E-state index in [-0.39, 0.29) is 16.8 Å². The van der Waals surface area contributed by atoms with Gasteiger partial charge in [0, 0.05) is 26.3 Å². The second-order valence-electron chi connectivity index (χ2n) is 8.61. The molecule has 33 heavy (non-hydrogen) atoms. The molecule has 0 aliphatic rings. The molecular weight excluding hydrogens is 442 g/mol. The highest BCUT2D eigenvalue weighted by Crippen LogP contribution is 2.29. The van der Waals surface area contributed by atoms with Gasteiger partial charge in [-0.05, 0) is 43.0 Å². The van der Waals surface area contributed by atoms with Crippen LogP contribution in [0.5, 0.6) is 11.6 Å². The van der Waals surface area contributed by atoms with Crippen LogP contribution in [0.3, 0.4) is 0 Å². The van der Waals surface area contributed by atoms with E-state index in [4.69, 9.17) is 4.74 Å². The second kappa shape index (κ2) is 10.3. The van der Waals surface area contributed by atoms with E-state index in [1.54, 1.807) is 23.2 Å². The Labute approximate surface area is 194 Å². The van der Waals surface area contributed by atoms with Crippen LogP contribution in [0.4, 0.5) is 0 Å². The molecular formula is C23H31N5O4S. The number of hydrogen-bond acceptors (Lipinski definition) is 7. The molecule has 2 aromatic heterocycles. The van der Waals surface area contributed by atoms with Gasteiger partial charge in [-0.2, -0.15) is 5.10 Å². The molecule has 3 rings (SSSR count). The van der Waals surface area contributed by atoms with Crippen molar-refractivity contribution >= 4 is 26.8 Å². The van der Waals surface area contributed by atoms with Crippen molar-refractivity contribution in [1.29, 1.82) is 0 Å². The lowest BCUT2D eigenvalue weighted by molar-refractivity contribution is -0.130. The third-order valence-corrected chi connectivity index (χ3v) is 6.57. The minimum absolute atomic E-state index is 0.0635. The summed E-state index contributed by atoms with van der Waals surface area (Å²) < 4.78 is 31.1. The molecule has 0 aliphatic carbocycles. The van der Waals surface area contributed by atoms with E-state index in [2.05, 4.69) is 22.0 Å². The van der Waals surface area contributed by atoms with Gasteiger partial charge in [0.05, 0.1) is 17.1 Å². The molecule has 10 heteroatoms. The number of amides is 1. The quantitative estimate of drug-likeness (QED) is 0.440. The molecule has 0 spiro atoms. The van der Waals surface area contributed by atoms with Crippen molar-refractivity contribution < 1.29 is 17.9 Å². The van der Waals surface area contributed by atoms with E-state index in [1.807, 2.05) is 25.6 Å². The zero-order chi connectivity index (χ0) is 24.2. The predicted molar refractivity (Wildman–Crippen MR) is 126 cm³/mol. The first-order chi connectivity index (χ1) is 15.6. The first-order valence-electron chi connectivity index (χ1n) is 11.0. The number of sulfone groups is 1. The highest BCUT2D eigenvalue weighted by molar-refractivity contribution is 7.90. The van der Waals surface area contributed by atoms with Gasteiger partial charge < -0.3 is 9.64 Å². The molecule has 0 radical (unpaired) electrons. The summed E-state index contributed by atoms with van der Waals surface area (Å²) in [7, 11) is -1.44. The zero-order valence-electron chi connectivity index (χ0n) is 19.7. The molecule has 3 aromatic rings. The SMILES string of the molecule is CCC(CCN(C)C(=O)CC(C)C)n1ncc2c(Oc3ccc(S(C)(=O)=O)cc3)ncnc21. The third-order valence-electron chi connectivity index (χ3n) is 5.44. The number of ether oxygens (including phenoxy) is 1. The smallest absolute Gasteiger partial charge is 0.233 e. The molecule has 178 valence electrons. The van der Waals surface area contributed by atoms with Crippen LogP contribution < -0.4 is 4.74 Å². The van der Waals surface area contributed by atoms with E-state index < -0.39 is 9.84 Å². The average molecular weight is 474 g/mol. The molecule has 0 saturated heterocycles. The van der Waals surface area contributed by atoms with Crippen molar-refractivity contribution in [2.75, 3.05) is 19.8 Å². The fraction of sp³-hybridized carbons (Fsp3) is 0.478. The van der Waals surface area contributed by atoms with Gasteiger partial charge in [0.2, 0.25) is 11.8 Å². The van der Waals surface area contributed by atoms with Crippen LogP contribution in [-0.4, -0.2) is 58.8 Å². The summed E-state index contributed by atoms with van der Waals surface area (Å²) >= 11 is 0.